The Kier molecular flexibility index (Phi) is 9.45. The molecule has 10 rings (SSSR count). The van der Waals surface area contributed by atoms with Crippen LogP contribution in [0.1, 0.15) is 83.3 Å². The van der Waals surface area contributed by atoms with Gasteiger partial charge in [-0.3, -0.25) is 0 Å². The first-order valence-corrected chi connectivity index (χ1v) is 22.0. The van der Waals surface area contributed by atoms with E-state index < -0.39 is 0 Å². The summed E-state index contributed by atoms with van der Waals surface area (Å²) in [6.45, 7) is 18.2. The number of nitrogens with zero attached hydrogens (tertiary/aromatic N) is 2. The fourth-order valence-electron chi connectivity index (χ4n) is 10.1. The van der Waals surface area contributed by atoms with Crippen molar-refractivity contribution in [2.45, 2.75) is 66.2 Å². The van der Waals surface area contributed by atoms with Crippen molar-refractivity contribution in [3.63, 3.8) is 0 Å². The van der Waals surface area contributed by atoms with Gasteiger partial charge in [0, 0.05) is 45.0 Å². The van der Waals surface area contributed by atoms with Crippen LogP contribution in [0, 0.1) is 27.7 Å². The molecule has 0 heterocycles. The number of benzene rings is 8. The van der Waals surface area contributed by atoms with E-state index >= 15 is 0 Å². The molecule has 0 N–H and O–H groups in total. The standard InChI is InChI=1S/C60H54N2/c1-39-13-9-17-45(31-39)61(46-18-10-14-40(2)32-46)49-25-29-53-51-27-23-43(35-55(51)59(5,6)57(53)37-49)21-22-44-24-28-52-54-30-26-50(38-58(54)60(7,8)56(52)36-44)62(47-19-11-15-41(3)33-47)48-20-12-16-42(4)34-48/h9-38H,1-8H3/b22-21+. The number of hydrogen-bond donors (Lipinski definition) is 0. The van der Waals surface area contributed by atoms with Crippen LogP contribution in [0.4, 0.5) is 34.1 Å². The summed E-state index contributed by atoms with van der Waals surface area (Å²) in [5, 5.41) is 0. The van der Waals surface area contributed by atoms with Crippen molar-refractivity contribution >= 4 is 46.3 Å². The average Bonchev–Trinajstić information content (AvgIpc) is 3.61. The number of anilines is 6. The summed E-state index contributed by atoms with van der Waals surface area (Å²) in [7, 11) is 0. The van der Waals surface area contributed by atoms with Gasteiger partial charge in [-0.05, 0) is 178 Å². The first-order valence-electron chi connectivity index (χ1n) is 22.0. The summed E-state index contributed by atoms with van der Waals surface area (Å²) in [5.74, 6) is 0. The third-order valence-electron chi connectivity index (χ3n) is 13.4. The lowest BCUT2D eigenvalue weighted by atomic mass is 9.81. The molecule has 8 aromatic rings. The van der Waals surface area contributed by atoms with E-state index in [4.69, 9.17) is 0 Å². The Bertz CT molecular complexity index is 2790. The molecular formula is C60H54N2. The summed E-state index contributed by atoms with van der Waals surface area (Å²) < 4.78 is 0. The van der Waals surface area contributed by atoms with Gasteiger partial charge in [0.05, 0.1) is 0 Å². The van der Waals surface area contributed by atoms with Crippen molar-refractivity contribution in [1.29, 1.82) is 0 Å². The Balaban J connectivity index is 0.947. The van der Waals surface area contributed by atoms with Crippen molar-refractivity contribution < 1.29 is 0 Å². The van der Waals surface area contributed by atoms with Crippen molar-refractivity contribution in [2.24, 2.45) is 0 Å². The maximum absolute atomic E-state index is 2.42. The maximum atomic E-state index is 2.42. The van der Waals surface area contributed by atoms with Gasteiger partial charge in [0.15, 0.2) is 0 Å². The minimum absolute atomic E-state index is 0.161. The lowest BCUT2D eigenvalue weighted by molar-refractivity contribution is 0.660. The Morgan fingerprint density at radius 1 is 0.306 bits per heavy atom. The third-order valence-corrected chi connectivity index (χ3v) is 13.4. The van der Waals surface area contributed by atoms with Crippen LogP contribution < -0.4 is 9.80 Å². The number of hydrogen-bond acceptors (Lipinski definition) is 2. The Labute approximate surface area is 368 Å². The lowest BCUT2D eigenvalue weighted by Gasteiger charge is -2.28. The van der Waals surface area contributed by atoms with Gasteiger partial charge in [0.1, 0.15) is 0 Å². The maximum Gasteiger partial charge on any atom is 0.0465 e. The molecular weight excluding hydrogens is 749 g/mol. The van der Waals surface area contributed by atoms with Crippen LogP contribution in [0.15, 0.2) is 170 Å². The van der Waals surface area contributed by atoms with Crippen LogP contribution in [0.25, 0.3) is 34.4 Å². The van der Waals surface area contributed by atoms with Crippen molar-refractivity contribution in [1.82, 2.24) is 0 Å². The van der Waals surface area contributed by atoms with Crippen LogP contribution in [0.3, 0.4) is 0 Å². The van der Waals surface area contributed by atoms with Gasteiger partial charge in [0.2, 0.25) is 0 Å². The summed E-state index contributed by atoms with van der Waals surface area (Å²) in [5.41, 5.74) is 24.9. The monoisotopic (exact) mass is 802 g/mol. The predicted molar refractivity (Wildman–Crippen MR) is 265 cm³/mol. The van der Waals surface area contributed by atoms with Crippen molar-refractivity contribution in [3.05, 3.63) is 225 Å². The summed E-state index contributed by atoms with van der Waals surface area (Å²) >= 11 is 0. The zero-order chi connectivity index (χ0) is 42.9. The highest BCUT2D eigenvalue weighted by Gasteiger charge is 2.37. The molecule has 2 nitrogen and oxygen atoms in total. The minimum atomic E-state index is -0.161. The normalized spacial score (nSPS) is 14.0. The van der Waals surface area contributed by atoms with Gasteiger partial charge in [-0.2, -0.15) is 0 Å². The van der Waals surface area contributed by atoms with Crippen molar-refractivity contribution in [3.8, 4) is 22.3 Å². The molecule has 8 aromatic carbocycles. The molecule has 0 aliphatic heterocycles. The lowest BCUT2D eigenvalue weighted by Crippen LogP contribution is -2.17. The fourth-order valence-corrected chi connectivity index (χ4v) is 10.1. The second-order valence-electron chi connectivity index (χ2n) is 18.7. The Hall–Kier alpha value is -6.90. The highest BCUT2D eigenvalue weighted by Crippen LogP contribution is 2.53. The molecule has 304 valence electrons. The number of fused-ring (bicyclic) bond motifs is 6. The second kappa shape index (κ2) is 14.9. The van der Waals surface area contributed by atoms with E-state index in [9.17, 15) is 0 Å². The zero-order valence-electron chi connectivity index (χ0n) is 37.2. The van der Waals surface area contributed by atoms with Crippen LogP contribution in [-0.4, -0.2) is 0 Å². The molecule has 2 heteroatoms. The van der Waals surface area contributed by atoms with E-state index in [1.807, 2.05) is 0 Å². The first kappa shape index (κ1) is 39.2. The molecule has 0 unspecified atom stereocenters. The molecule has 2 aliphatic rings. The fraction of sp³-hybridized carbons (Fsp3) is 0.167. The molecule has 0 spiro atoms. The largest absolute Gasteiger partial charge is 0.310 e. The van der Waals surface area contributed by atoms with Crippen molar-refractivity contribution in [2.75, 3.05) is 9.80 Å². The van der Waals surface area contributed by atoms with Gasteiger partial charge in [-0.1, -0.05) is 137 Å². The SMILES string of the molecule is Cc1cccc(N(c2cccc(C)c2)c2ccc3c(c2)C(C)(C)c2cc(/C=C/c4ccc5c(c4)C(C)(C)c4cc(N(c6cccc(C)c6)c6cccc(C)c6)ccc4-5)ccc2-3)c1. The van der Waals surface area contributed by atoms with E-state index in [2.05, 4.69) is 247 Å². The molecule has 0 bridgehead atoms. The first-order chi connectivity index (χ1) is 29.8. The number of rotatable bonds is 8. The molecule has 0 aromatic heterocycles. The molecule has 0 saturated carbocycles. The van der Waals surface area contributed by atoms with Crippen LogP contribution in [0.5, 0.6) is 0 Å². The molecule has 2 aliphatic carbocycles. The predicted octanol–water partition coefficient (Wildman–Crippen LogP) is 16.6. The van der Waals surface area contributed by atoms with E-state index in [0.29, 0.717) is 0 Å². The van der Waals surface area contributed by atoms with E-state index in [-0.39, 0.29) is 10.8 Å². The molecule has 62 heavy (non-hydrogen) atoms. The topological polar surface area (TPSA) is 6.48 Å². The highest BCUT2D eigenvalue weighted by atomic mass is 15.1. The van der Waals surface area contributed by atoms with Gasteiger partial charge < -0.3 is 9.80 Å². The molecule has 0 saturated heterocycles. The molecule has 0 atom stereocenters. The van der Waals surface area contributed by atoms with Gasteiger partial charge >= 0.3 is 0 Å². The third kappa shape index (κ3) is 6.75. The van der Waals surface area contributed by atoms with Gasteiger partial charge in [0.25, 0.3) is 0 Å². The van der Waals surface area contributed by atoms with Crippen LogP contribution in [-0.2, 0) is 10.8 Å². The van der Waals surface area contributed by atoms with Gasteiger partial charge in [-0.15, -0.1) is 0 Å². The van der Waals surface area contributed by atoms with Crippen LogP contribution in [0.2, 0.25) is 0 Å². The summed E-state index contributed by atoms with van der Waals surface area (Å²) in [6.07, 6.45) is 4.58. The zero-order valence-corrected chi connectivity index (χ0v) is 37.2. The van der Waals surface area contributed by atoms with E-state index in [0.717, 1.165) is 0 Å². The van der Waals surface area contributed by atoms with Gasteiger partial charge in [-0.25, -0.2) is 0 Å². The average molecular weight is 803 g/mol. The summed E-state index contributed by atoms with van der Waals surface area (Å²) in [6, 6.07) is 63.4. The van der Waals surface area contributed by atoms with E-state index in [1.54, 1.807) is 0 Å². The molecule has 0 amide bonds. The second-order valence-corrected chi connectivity index (χ2v) is 18.7. The Morgan fingerprint density at radius 2 is 0.581 bits per heavy atom. The molecule has 0 fully saturated rings. The van der Waals surface area contributed by atoms with Crippen LogP contribution >= 0.6 is 0 Å². The number of aryl methyl sites for hydroxylation is 4. The smallest absolute Gasteiger partial charge is 0.0465 e. The summed E-state index contributed by atoms with van der Waals surface area (Å²) in [4.78, 5) is 4.79. The minimum Gasteiger partial charge on any atom is -0.310 e. The van der Waals surface area contributed by atoms with E-state index in [1.165, 1.54) is 112 Å². The molecule has 0 radical (unpaired) electrons. The Morgan fingerprint density at radius 3 is 0.887 bits per heavy atom. The highest BCUT2D eigenvalue weighted by molar-refractivity contribution is 5.89. The quantitative estimate of drug-likeness (QED) is 0.141.